The predicted molar refractivity (Wildman–Crippen MR) is 102 cm³/mol. The number of rotatable bonds is 4. The van der Waals surface area contributed by atoms with Crippen LogP contribution in [-0.2, 0) is 9.59 Å². The summed E-state index contributed by atoms with van der Waals surface area (Å²) in [6.07, 6.45) is 3.95. The molecule has 0 heterocycles. The minimum absolute atomic E-state index is 0.0547. The molecular formula is C20H30N2O4. The van der Waals surface area contributed by atoms with Crippen molar-refractivity contribution < 1.29 is 19.1 Å². The standard InChI is InChI=1S/C20H30N2O4/c1-20(2,3)13-6-8-14(9-7-13)21-18(23)19(24)22-16-12-15(25-4)10-11-17(16)26-5/h10-14H,6-9H2,1-5H3,(H,21,23)(H,22,24). The molecule has 0 unspecified atom stereocenters. The van der Waals surface area contributed by atoms with Gasteiger partial charge in [-0.1, -0.05) is 20.8 Å². The Bertz CT molecular complexity index is 644. The average molecular weight is 362 g/mol. The van der Waals surface area contributed by atoms with Crippen molar-refractivity contribution in [1.82, 2.24) is 5.32 Å². The van der Waals surface area contributed by atoms with Gasteiger partial charge in [-0.25, -0.2) is 0 Å². The summed E-state index contributed by atoms with van der Waals surface area (Å²) in [6.45, 7) is 6.77. The minimum Gasteiger partial charge on any atom is -0.497 e. The summed E-state index contributed by atoms with van der Waals surface area (Å²) in [5.41, 5.74) is 0.693. The third kappa shape index (κ3) is 5.13. The van der Waals surface area contributed by atoms with Crippen molar-refractivity contribution in [3.8, 4) is 11.5 Å². The third-order valence-corrected chi connectivity index (χ3v) is 5.15. The van der Waals surface area contributed by atoms with Crippen LogP contribution in [-0.4, -0.2) is 32.1 Å². The molecular weight excluding hydrogens is 332 g/mol. The van der Waals surface area contributed by atoms with Crippen LogP contribution >= 0.6 is 0 Å². The van der Waals surface area contributed by atoms with Crippen LogP contribution in [0.5, 0.6) is 11.5 Å². The number of benzene rings is 1. The molecule has 0 aliphatic heterocycles. The molecule has 1 aliphatic carbocycles. The van der Waals surface area contributed by atoms with Crippen LogP contribution in [0.4, 0.5) is 5.69 Å². The summed E-state index contributed by atoms with van der Waals surface area (Å²) < 4.78 is 10.4. The van der Waals surface area contributed by atoms with Crippen LogP contribution in [0, 0.1) is 11.3 Å². The second kappa shape index (κ2) is 8.43. The number of anilines is 1. The Labute approximate surface area is 155 Å². The fraction of sp³-hybridized carbons (Fsp3) is 0.600. The molecule has 0 bridgehead atoms. The lowest BCUT2D eigenvalue weighted by molar-refractivity contribution is -0.136. The van der Waals surface area contributed by atoms with Crippen LogP contribution in [0.2, 0.25) is 0 Å². The highest BCUT2D eigenvalue weighted by Gasteiger charge is 2.31. The first-order valence-electron chi connectivity index (χ1n) is 9.08. The maximum Gasteiger partial charge on any atom is 0.313 e. The second-order valence-corrected chi connectivity index (χ2v) is 7.91. The van der Waals surface area contributed by atoms with Crippen molar-refractivity contribution in [2.75, 3.05) is 19.5 Å². The van der Waals surface area contributed by atoms with Crippen LogP contribution in [0.15, 0.2) is 18.2 Å². The Morgan fingerprint density at radius 1 is 1.00 bits per heavy atom. The van der Waals surface area contributed by atoms with Gasteiger partial charge in [-0.05, 0) is 49.1 Å². The van der Waals surface area contributed by atoms with Gasteiger partial charge < -0.3 is 20.1 Å². The van der Waals surface area contributed by atoms with E-state index >= 15 is 0 Å². The van der Waals surface area contributed by atoms with Crippen molar-refractivity contribution in [1.29, 1.82) is 0 Å². The molecule has 1 saturated carbocycles. The van der Waals surface area contributed by atoms with Gasteiger partial charge in [0, 0.05) is 12.1 Å². The molecule has 26 heavy (non-hydrogen) atoms. The highest BCUT2D eigenvalue weighted by Crippen LogP contribution is 2.37. The molecule has 144 valence electrons. The van der Waals surface area contributed by atoms with Gasteiger partial charge in [0.2, 0.25) is 0 Å². The normalized spacial score (nSPS) is 20.2. The topological polar surface area (TPSA) is 76.7 Å². The van der Waals surface area contributed by atoms with E-state index in [2.05, 4.69) is 31.4 Å². The number of amides is 2. The van der Waals surface area contributed by atoms with Crippen molar-refractivity contribution in [3.05, 3.63) is 18.2 Å². The van der Waals surface area contributed by atoms with Crippen molar-refractivity contribution in [3.63, 3.8) is 0 Å². The molecule has 2 rings (SSSR count). The van der Waals surface area contributed by atoms with Gasteiger partial charge in [-0.15, -0.1) is 0 Å². The van der Waals surface area contributed by atoms with E-state index in [0.717, 1.165) is 25.7 Å². The zero-order valence-corrected chi connectivity index (χ0v) is 16.3. The number of ether oxygens (including phenoxy) is 2. The Kier molecular flexibility index (Phi) is 6.51. The Balaban J connectivity index is 1.92. The SMILES string of the molecule is COc1ccc(OC)c(NC(=O)C(=O)NC2CCC(C(C)(C)C)CC2)c1. The maximum absolute atomic E-state index is 12.3. The van der Waals surface area contributed by atoms with E-state index in [1.54, 1.807) is 18.2 Å². The fourth-order valence-electron chi connectivity index (χ4n) is 3.45. The molecule has 2 amide bonds. The first kappa shape index (κ1) is 20.1. The van der Waals surface area contributed by atoms with Crippen molar-refractivity contribution in [2.45, 2.75) is 52.5 Å². The van der Waals surface area contributed by atoms with Crippen molar-refractivity contribution >= 4 is 17.5 Å². The zero-order chi connectivity index (χ0) is 19.3. The van der Waals surface area contributed by atoms with E-state index in [9.17, 15) is 9.59 Å². The van der Waals surface area contributed by atoms with E-state index in [1.807, 2.05) is 0 Å². The molecule has 1 aromatic rings. The number of nitrogens with one attached hydrogen (secondary N) is 2. The molecule has 1 aromatic carbocycles. The lowest BCUT2D eigenvalue weighted by atomic mass is 9.71. The van der Waals surface area contributed by atoms with Gasteiger partial charge in [0.15, 0.2) is 0 Å². The number of carbonyl (C=O) groups excluding carboxylic acids is 2. The van der Waals surface area contributed by atoms with Crippen LogP contribution in [0.25, 0.3) is 0 Å². The molecule has 0 radical (unpaired) electrons. The minimum atomic E-state index is -0.700. The van der Waals surface area contributed by atoms with Gasteiger partial charge in [0.25, 0.3) is 0 Å². The van der Waals surface area contributed by atoms with Gasteiger partial charge in [-0.3, -0.25) is 9.59 Å². The Morgan fingerprint density at radius 3 is 2.19 bits per heavy atom. The molecule has 6 heteroatoms. The van der Waals surface area contributed by atoms with Gasteiger partial charge in [0.05, 0.1) is 19.9 Å². The lowest BCUT2D eigenvalue weighted by Crippen LogP contribution is -2.44. The molecule has 0 saturated heterocycles. The predicted octanol–water partition coefficient (Wildman–Crippen LogP) is 3.36. The molecule has 1 aliphatic rings. The van der Waals surface area contributed by atoms with Gasteiger partial charge >= 0.3 is 11.8 Å². The average Bonchev–Trinajstić information content (AvgIpc) is 2.61. The summed E-state index contributed by atoms with van der Waals surface area (Å²) in [6, 6.07) is 5.08. The van der Waals surface area contributed by atoms with Gasteiger partial charge in [0.1, 0.15) is 11.5 Å². The highest BCUT2D eigenvalue weighted by molar-refractivity contribution is 6.39. The fourth-order valence-corrected chi connectivity index (χ4v) is 3.45. The Hall–Kier alpha value is -2.24. The van der Waals surface area contributed by atoms with Gasteiger partial charge in [-0.2, -0.15) is 0 Å². The van der Waals surface area contributed by atoms with E-state index in [1.165, 1.54) is 14.2 Å². The summed E-state index contributed by atoms with van der Waals surface area (Å²) in [4.78, 5) is 24.5. The van der Waals surface area contributed by atoms with E-state index in [-0.39, 0.29) is 11.5 Å². The third-order valence-electron chi connectivity index (χ3n) is 5.15. The second-order valence-electron chi connectivity index (χ2n) is 7.91. The number of hydrogen-bond donors (Lipinski definition) is 2. The largest absolute Gasteiger partial charge is 0.497 e. The van der Waals surface area contributed by atoms with Crippen LogP contribution in [0.1, 0.15) is 46.5 Å². The van der Waals surface area contributed by atoms with Crippen LogP contribution < -0.4 is 20.1 Å². The van der Waals surface area contributed by atoms with E-state index < -0.39 is 11.8 Å². The quantitative estimate of drug-likeness (QED) is 0.805. The molecule has 0 aromatic heterocycles. The van der Waals surface area contributed by atoms with Crippen LogP contribution in [0.3, 0.4) is 0 Å². The molecule has 0 atom stereocenters. The number of methoxy groups -OCH3 is 2. The molecule has 0 spiro atoms. The maximum atomic E-state index is 12.3. The lowest BCUT2D eigenvalue weighted by Gasteiger charge is -2.37. The monoisotopic (exact) mass is 362 g/mol. The molecule has 6 nitrogen and oxygen atoms in total. The Morgan fingerprint density at radius 2 is 1.65 bits per heavy atom. The molecule has 2 N–H and O–H groups in total. The van der Waals surface area contributed by atoms with E-state index in [0.29, 0.717) is 23.1 Å². The molecule has 1 fully saturated rings. The summed E-state index contributed by atoms with van der Waals surface area (Å²) in [5, 5.41) is 5.46. The summed E-state index contributed by atoms with van der Waals surface area (Å²) in [7, 11) is 3.04. The number of carbonyl (C=O) groups is 2. The first-order valence-corrected chi connectivity index (χ1v) is 9.08. The highest BCUT2D eigenvalue weighted by atomic mass is 16.5. The van der Waals surface area contributed by atoms with E-state index in [4.69, 9.17) is 9.47 Å². The van der Waals surface area contributed by atoms with Crippen molar-refractivity contribution in [2.24, 2.45) is 11.3 Å². The smallest absolute Gasteiger partial charge is 0.313 e. The summed E-state index contributed by atoms with van der Waals surface area (Å²) in [5.74, 6) is 0.383. The first-order chi connectivity index (χ1) is 12.2. The number of hydrogen-bond acceptors (Lipinski definition) is 4. The zero-order valence-electron chi connectivity index (χ0n) is 16.3. The summed E-state index contributed by atoms with van der Waals surface area (Å²) >= 11 is 0.